The molecular formula is C19H24F2N3O6P. The number of hydrogen-bond donors (Lipinski definition) is 2. The Morgan fingerprint density at radius 3 is 2.77 bits per heavy atom. The van der Waals surface area contributed by atoms with Gasteiger partial charge in [-0.05, 0) is 12.1 Å². The minimum absolute atomic E-state index is 0.238. The fourth-order valence-corrected chi connectivity index (χ4v) is 4.36. The van der Waals surface area contributed by atoms with E-state index < -0.39 is 51.2 Å². The minimum atomic E-state index is -3.31. The van der Waals surface area contributed by atoms with Gasteiger partial charge in [-0.3, -0.25) is 9.69 Å². The Balaban J connectivity index is 1.64. The highest BCUT2D eigenvalue weighted by Crippen LogP contribution is 2.41. The molecule has 1 aromatic rings. The number of rotatable bonds is 9. The number of benzene rings is 1. The number of carbonyl (C=O) groups is 2. The average molecular weight is 459 g/mol. The average Bonchev–Trinajstić information content (AvgIpc) is 3.29. The number of nitrogens with one attached hydrogen (secondary N) is 2. The van der Waals surface area contributed by atoms with Crippen LogP contribution in [-0.2, 0) is 18.8 Å². The van der Waals surface area contributed by atoms with Crippen molar-refractivity contribution in [1.29, 1.82) is 0 Å². The van der Waals surface area contributed by atoms with Crippen LogP contribution in [0.4, 0.5) is 13.6 Å². The lowest BCUT2D eigenvalue weighted by atomic mass is 10.2. The third-order valence-electron chi connectivity index (χ3n) is 4.59. The Morgan fingerprint density at radius 2 is 2.16 bits per heavy atom. The maximum Gasteiger partial charge on any atom is 0.323 e. The van der Waals surface area contributed by atoms with Crippen molar-refractivity contribution in [1.82, 2.24) is 15.3 Å². The number of cyclic esters (lactones) is 1. The molecule has 2 saturated heterocycles. The van der Waals surface area contributed by atoms with Crippen molar-refractivity contribution in [3.63, 3.8) is 0 Å². The van der Waals surface area contributed by atoms with Gasteiger partial charge >= 0.3 is 20.5 Å². The van der Waals surface area contributed by atoms with Gasteiger partial charge in [0.15, 0.2) is 0 Å². The molecule has 0 aromatic heterocycles. The number of halogens is 2. The first-order chi connectivity index (χ1) is 14.8. The molecule has 2 aliphatic rings. The summed E-state index contributed by atoms with van der Waals surface area (Å²) in [5, 5.41) is 5.21. The van der Waals surface area contributed by atoms with Gasteiger partial charge in [-0.1, -0.05) is 24.8 Å². The van der Waals surface area contributed by atoms with Gasteiger partial charge < -0.3 is 23.8 Å². The molecule has 2 aliphatic heterocycles. The van der Waals surface area contributed by atoms with E-state index in [1.807, 2.05) is 6.07 Å². The molecule has 2 N–H and O–H groups in total. The number of hydrogen-bond acceptors (Lipinski definition) is 7. The van der Waals surface area contributed by atoms with Crippen LogP contribution < -0.4 is 14.9 Å². The zero-order valence-corrected chi connectivity index (χ0v) is 17.7. The maximum atomic E-state index is 14.5. The van der Waals surface area contributed by atoms with Crippen LogP contribution in [0.3, 0.4) is 0 Å². The van der Waals surface area contributed by atoms with E-state index in [9.17, 15) is 18.4 Å². The predicted molar refractivity (Wildman–Crippen MR) is 107 cm³/mol. The molecule has 2 heterocycles. The van der Waals surface area contributed by atoms with Crippen LogP contribution in [0.25, 0.3) is 0 Å². The lowest BCUT2D eigenvalue weighted by molar-refractivity contribution is -0.139. The van der Waals surface area contributed by atoms with E-state index >= 15 is 0 Å². The summed E-state index contributed by atoms with van der Waals surface area (Å²) in [7, 11) is -0.539. The second-order valence-electron chi connectivity index (χ2n) is 6.82. The number of ether oxygens (including phenoxy) is 2. The monoisotopic (exact) mass is 459 g/mol. The van der Waals surface area contributed by atoms with Crippen molar-refractivity contribution in [3.8, 4) is 5.75 Å². The summed E-state index contributed by atoms with van der Waals surface area (Å²) in [5.74, 6) is -3.25. The molecular weight excluding hydrogens is 435 g/mol. The van der Waals surface area contributed by atoms with Crippen LogP contribution in [0.15, 0.2) is 43.1 Å². The summed E-state index contributed by atoms with van der Waals surface area (Å²) in [6.07, 6.45) is -2.04. The lowest BCUT2D eigenvalue weighted by Crippen LogP contribution is -2.48. The molecule has 3 unspecified atom stereocenters. The molecule has 9 nitrogen and oxygen atoms in total. The normalized spacial score (nSPS) is 25.5. The Bertz CT molecular complexity index is 787. The Kier molecular flexibility index (Phi) is 7.77. The summed E-state index contributed by atoms with van der Waals surface area (Å²) in [6.45, 7) is 3.44. The number of carbonyl (C=O) groups excluding carboxylic acids is 2. The molecule has 1 aromatic carbocycles. The van der Waals surface area contributed by atoms with Crippen LogP contribution in [0, 0.1) is 0 Å². The topological polar surface area (TPSA) is 98.4 Å². The predicted octanol–water partition coefficient (Wildman–Crippen LogP) is 2.75. The molecule has 170 valence electrons. The third-order valence-corrected chi connectivity index (χ3v) is 5.87. The van der Waals surface area contributed by atoms with E-state index in [1.165, 1.54) is 7.05 Å². The summed E-state index contributed by atoms with van der Waals surface area (Å²) in [5.41, 5.74) is 0. The van der Waals surface area contributed by atoms with E-state index in [1.54, 1.807) is 24.3 Å². The molecule has 2 fully saturated rings. The highest BCUT2D eigenvalue weighted by Gasteiger charge is 2.54. The van der Waals surface area contributed by atoms with Crippen molar-refractivity contribution in [3.05, 3.63) is 43.1 Å². The smallest absolute Gasteiger partial charge is 0.323 e. The van der Waals surface area contributed by atoms with E-state index in [0.29, 0.717) is 17.1 Å². The number of amides is 2. The summed E-state index contributed by atoms with van der Waals surface area (Å²) < 4.78 is 50.8. The van der Waals surface area contributed by atoms with E-state index in [2.05, 4.69) is 17.0 Å². The Hall–Kier alpha value is -2.33. The molecule has 12 heteroatoms. The Labute approximate surface area is 179 Å². The summed E-state index contributed by atoms with van der Waals surface area (Å²) in [6, 6.07) is 7.37. The van der Waals surface area contributed by atoms with Crippen molar-refractivity contribution in [2.75, 3.05) is 20.3 Å². The number of para-hydroxylation sites is 1. The molecule has 0 aliphatic carbocycles. The van der Waals surface area contributed by atoms with Gasteiger partial charge in [0, 0.05) is 26.1 Å². The van der Waals surface area contributed by atoms with Gasteiger partial charge in [0.05, 0.1) is 19.3 Å². The van der Waals surface area contributed by atoms with Crippen LogP contribution in [-0.4, -0.2) is 61.5 Å². The van der Waals surface area contributed by atoms with Gasteiger partial charge in [-0.25, -0.2) is 18.7 Å². The fourth-order valence-electron chi connectivity index (χ4n) is 3.07. The molecule has 2 amide bonds. The fraction of sp³-hybridized carbons (Fsp3) is 0.474. The summed E-state index contributed by atoms with van der Waals surface area (Å²) in [4.78, 5) is 24.3. The first kappa shape index (κ1) is 23.3. The molecule has 0 radical (unpaired) electrons. The van der Waals surface area contributed by atoms with Crippen molar-refractivity contribution >= 4 is 20.5 Å². The SMILES string of the molecule is C=CN(C(=O)NC)C1OC(CO[P@](NC2CCOC2=O)Oc2ccccc2)CC1(F)F. The van der Waals surface area contributed by atoms with Crippen molar-refractivity contribution in [2.24, 2.45) is 0 Å². The van der Waals surface area contributed by atoms with E-state index in [0.717, 1.165) is 6.20 Å². The van der Waals surface area contributed by atoms with Gasteiger partial charge in [0.25, 0.3) is 5.92 Å². The van der Waals surface area contributed by atoms with E-state index in [4.69, 9.17) is 18.5 Å². The number of urea groups is 1. The zero-order chi connectivity index (χ0) is 22.4. The third kappa shape index (κ3) is 5.88. The molecule has 3 rings (SSSR count). The van der Waals surface area contributed by atoms with E-state index in [-0.39, 0.29) is 13.2 Å². The highest BCUT2D eigenvalue weighted by molar-refractivity contribution is 7.45. The van der Waals surface area contributed by atoms with Crippen LogP contribution >= 0.6 is 8.53 Å². The maximum absolute atomic E-state index is 14.5. The largest absolute Gasteiger partial charge is 0.464 e. The van der Waals surface area contributed by atoms with Gasteiger partial charge in [0.2, 0.25) is 6.23 Å². The number of alkyl halides is 2. The molecule has 0 saturated carbocycles. The molecule has 31 heavy (non-hydrogen) atoms. The zero-order valence-electron chi connectivity index (χ0n) is 16.8. The van der Waals surface area contributed by atoms with Gasteiger partial charge in [-0.15, -0.1) is 0 Å². The van der Waals surface area contributed by atoms with Crippen LogP contribution in [0.5, 0.6) is 5.75 Å². The second kappa shape index (κ2) is 10.3. The second-order valence-corrected chi connectivity index (χ2v) is 8.03. The standard InChI is InChI=1S/C19H24F2N3O6P/c1-3-24(18(26)22-2)17-19(20,21)11-14(29-17)12-28-31(23-15-9-10-27-16(15)25)30-13-7-5-4-6-8-13/h3-8,14-15,17,23H,1,9-12H2,2H3,(H,22,26)/t14?,15?,17?,31-/m0/s1. The molecule has 0 bridgehead atoms. The highest BCUT2D eigenvalue weighted by atomic mass is 31.2. The number of nitrogens with zero attached hydrogens (tertiary/aromatic N) is 1. The van der Waals surface area contributed by atoms with Gasteiger partial charge in [-0.2, -0.15) is 0 Å². The molecule has 0 spiro atoms. The minimum Gasteiger partial charge on any atom is -0.464 e. The molecule has 4 atom stereocenters. The quantitative estimate of drug-likeness (QED) is 0.433. The summed E-state index contributed by atoms with van der Waals surface area (Å²) >= 11 is 0. The van der Waals surface area contributed by atoms with Crippen LogP contribution in [0.2, 0.25) is 0 Å². The Morgan fingerprint density at radius 1 is 1.42 bits per heavy atom. The first-order valence-corrected chi connectivity index (χ1v) is 10.8. The van der Waals surface area contributed by atoms with Crippen molar-refractivity contribution in [2.45, 2.75) is 37.1 Å². The van der Waals surface area contributed by atoms with Crippen molar-refractivity contribution < 1.29 is 36.9 Å². The lowest BCUT2D eigenvalue weighted by Gasteiger charge is -2.28. The number of esters is 1. The first-order valence-electron chi connectivity index (χ1n) is 9.59. The van der Waals surface area contributed by atoms with Crippen LogP contribution in [0.1, 0.15) is 12.8 Å². The van der Waals surface area contributed by atoms with Gasteiger partial charge in [0.1, 0.15) is 11.8 Å².